The van der Waals surface area contributed by atoms with E-state index < -0.39 is 0 Å². The van der Waals surface area contributed by atoms with Gasteiger partial charge in [-0.15, -0.1) is 0 Å². The Morgan fingerprint density at radius 1 is 1.12 bits per heavy atom. The summed E-state index contributed by atoms with van der Waals surface area (Å²) >= 11 is 0. The first-order chi connectivity index (χ1) is 7.69. The lowest BCUT2D eigenvalue weighted by Gasteiger charge is -2.38. The first-order valence-corrected chi connectivity index (χ1v) is 7.69. The molecule has 1 fully saturated rings. The van der Waals surface area contributed by atoms with Crippen molar-refractivity contribution in [2.24, 2.45) is 23.7 Å². The number of hydrogen-bond donors (Lipinski definition) is 0. The van der Waals surface area contributed by atoms with Crippen LogP contribution in [0.3, 0.4) is 0 Å². The van der Waals surface area contributed by atoms with Crippen molar-refractivity contribution in [1.82, 2.24) is 0 Å². The molecule has 0 aromatic carbocycles. The van der Waals surface area contributed by atoms with E-state index >= 15 is 0 Å². The van der Waals surface area contributed by atoms with Crippen molar-refractivity contribution in [2.75, 3.05) is 0 Å². The Bertz CT molecular complexity index is 173. The van der Waals surface area contributed by atoms with E-state index in [4.69, 9.17) is 0 Å². The highest BCUT2D eigenvalue weighted by molar-refractivity contribution is 4.81. The van der Waals surface area contributed by atoms with E-state index in [2.05, 4.69) is 27.7 Å². The van der Waals surface area contributed by atoms with Gasteiger partial charge in [0.15, 0.2) is 0 Å². The van der Waals surface area contributed by atoms with Gasteiger partial charge >= 0.3 is 0 Å². The van der Waals surface area contributed by atoms with E-state index in [1.54, 1.807) is 0 Å². The van der Waals surface area contributed by atoms with Crippen LogP contribution in [0.15, 0.2) is 0 Å². The van der Waals surface area contributed by atoms with Gasteiger partial charge in [-0.25, -0.2) is 0 Å². The Hall–Kier alpha value is 0. The lowest BCUT2D eigenvalue weighted by molar-refractivity contribution is 0.124. The highest BCUT2D eigenvalue weighted by Crippen LogP contribution is 2.41. The monoisotopic (exact) mass is 224 g/mol. The molecule has 0 heterocycles. The fourth-order valence-electron chi connectivity index (χ4n) is 3.62. The summed E-state index contributed by atoms with van der Waals surface area (Å²) in [6, 6.07) is 0. The lowest BCUT2D eigenvalue weighted by atomic mass is 9.67. The quantitative estimate of drug-likeness (QED) is 0.510. The summed E-state index contributed by atoms with van der Waals surface area (Å²) in [6.07, 6.45) is 11.6. The van der Waals surface area contributed by atoms with Crippen LogP contribution in [0.25, 0.3) is 0 Å². The Morgan fingerprint density at radius 3 is 2.50 bits per heavy atom. The molecule has 0 aromatic heterocycles. The zero-order valence-corrected chi connectivity index (χ0v) is 12.0. The normalized spacial score (nSPS) is 32.6. The van der Waals surface area contributed by atoms with Crippen LogP contribution in [0.2, 0.25) is 0 Å². The molecule has 4 atom stereocenters. The Kier molecular flexibility index (Phi) is 6.46. The van der Waals surface area contributed by atoms with E-state index in [0.717, 1.165) is 23.7 Å². The van der Waals surface area contributed by atoms with Gasteiger partial charge in [-0.1, -0.05) is 66.2 Å². The molecule has 1 saturated carbocycles. The average molecular weight is 224 g/mol. The molecule has 0 saturated heterocycles. The maximum Gasteiger partial charge on any atom is -0.0358 e. The summed E-state index contributed by atoms with van der Waals surface area (Å²) < 4.78 is 0. The standard InChI is InChI=1S/C16H32/c1-5-7-8-9-14(4)16-12-13(3)10-11-15(16)6-2/h13-16H,5-12H2,1-4H3. The smallest absolute Gasteiger partial charge is 0.0358 e. The maximum atomic E-state index is 2.51. The SMILES string of the molecule is CCCCCC(C)C1CC(C)CCC1CC. The molecule has 0 heteroatoms. The average Bonchev–Trinajstić information content (AvgIpc) is 2.29. The van der Waals surface area contributed by atoms with Crippen molar-refractivity contribution in [2.45, 2.75) is 79.1 Å². The zero-order chi connectivity index (χ0) is 12.0. The Balaban J connectivity index is 2.39. The van der Waals surface area contributed by atoms with Crippen molar-refractivity contribution in [3.63, 3.8) is 0 Å². The topological polar surface area (TPSA) is 0 Å². The minimum absolute atomic E-state index is 0.972. The van der Waals surface area contributed by atoms with Crippen molar-refractivity contribution in [1.29, 1.82) is 0 Å². The van der Waals surface area contributed by atoms with Crippen molar-refractivity contribution < 1.29 is 0 Å². The van der Waals surface area contributed by atoms with Crippen LogP contribution >= 0.6 is 0 Å². The molecule has 4 unspecified atom stereocenters. The van der Waals surface area contributed by atoms with Crippen molar-refractivity contribution >= 4 is 0 Å². The Morgan fingerprint density at radius 2 is 1.88 bits per heavy atom. The summed E-state index contributed by atoms with van der Waals surface area (Å²) in [6.45, 7) is 9.67. The van der Waals surface area contributed by atoms with Crippen LogP contribution in [0, 0.1) is 23.7 Å². The summed E-state index contributed by atoms with van der Waals surface area (Å²) in [5.74, 6) is 4.03. The Labute approximate surface area is 103 Å². The van der Waals surface area contributed by atoms with Crippen molar-refractivity contribution in [3.05, 3.63) is 0 Å². The van der Waals surface area contributed by atoms with Gasteiger partial charge in [-0.3, -0.25) is 0 Å². The van der Waals surface area contributed by atoms with Crippen LogP contribution < -0.4 is 0 Å². The molecule has 1 aliphatic carbocycles. The molecule has 0 N–H and O–H groups in total. The summed E-state index contributed by atoms with van der Waals surface area (Å²) in [7, 11) is 0. The van der Waals surface area contributed by atoms with Gasteiger partial charge in [-0.2, -0.15) is 0 Å². The second-order valence-corrected chi connectivity index (χ2v) is 6.22. The highest BCUT2D eigenvalue weighted by Gasteiger charge is 2.30. The molecule has 1 aliphatic rings. The van der Waals surface area contributed by atoms with E-state index in [1.807, 2.05) is 0 Å². The third-order valence-electron chi connectivity index (χ3n) is 4.83. The molecule has 0 amide bonds. The van der Waals surface area contributed by atoms with E-state index in [0.29, 0.717) is 0 Å². The minimum Gasteiger partial charge on any atom is -0.0654 e. The molecule has 0 bridgehead atoms. The first kappa shape index (κ1) is 14.1. The molecule has 96 valence electrons. The second kappa shape index (κ2) is 7.35. The molecular weight excluding hydrogens is 192 g/mol. The van der Waals surface area contributed by atoms with Gasteiger partial charge in [0.1, 0.15) is 0 Å². The summed E-state index contributed by atoms with van der Waals surface area (Å²) in [5.41, 5.74) is 0. The van der Waals surface area contributed by atoms with Crippen LogP contribution in [-0.2, 0) is 0 Å². The molecule has 0 aromatic rings. The van der Waals surface area contributed by atoms with Gasteiger partial charge in [0.25, 0.3) is 0 Å². The molecular formula is C16H32. The molecule has 1 rings (SSSR count). The minimum atomic E-state index is 0.972. The number of rotatable bonds is 6. The lowest BCUT2D eigenvalue weighted by Crippen LogP contribution is -2.28. The number of unbranched alkanes of at least 4 members (excludes halogenated alkanes) is 2. The van der Waals surface area contributed by atoms with E-state index in [1.165, 1.54) is 51.4 Å². The van der Waals surface area contributed by atoms with Gasteiger partial charge in [0.2, 0.25) is 0 Å². The summed E-state index contributed by atoms with van der Waals surface area (Å²) in [4.78, 5) is 0. The van der Waals surface area contributed by atoms with Crippen LogP contribution in [0.1, 0.15) is 79.1 Å². The predicted octanol–water partition coefficient (Wildman–Crippen LogP) is 5.67. The molecule has 0 aliphatic heterocycles. The third kappa shape index (κ3) is 4.11. The van der Waals surface area contributed by atoms with Crippen LogP contribution in [0.4, 0.5) is 0 Å². The maximum absolute atomic E-state index is 2.51. The number of hydrogen-bond acceptors (Lipinski definition) is 0. The van der Waals surface area contributed by atoms with Crippen molar-refractivity contribution in [3.8, 4) is 0 Å². The highest BCUT2D eigenvalue weighted by atomic mass is 14.4. The second-order valence-electron chi connectivity index (χ2n) is 6.22. The fraction of sp³-hybridized carbons (Fsp3) is 1.00. The van der Waals surface area contributed by atoms with E-state index in [-0.39, 0.29) is 0 Å². The third-order valence-corrected chi connectivity index (χ3v) is 4.83. The molecule has 0 radical (unpaired) electrons. The first-order valence-electron chi connectivity index (χ1n) is 7.69. The largest absolute Gasteiger partial charge is 0.0654 e. The predicted molar refractivity (Wildman–Crippen MR) is 73.6 cm³/mol. The van der Waals surface area contributed by atoms with Gasteiger partial charge in [0, 0.05) is 0 Å². The molecule has 16 heavy (non-hydrogen) atoms. The fourth-order valence-corrected chi connectivity index (χ4v) is 3.62. The van der Waals surface area contributed by atoms with Gasteiger partial charge in [-0.05, 0) is 36.5 Å². The van der Waals surface area contributed by atoms with E-state index in [9.17, 15) is 0 Å². The van der Waals surface area contributed by atoms with Crippen LogP contribution in [0.5, 0.6) is 0 Å². The molecule has 0 spiro atoms. The zero-order valence-electron chi connectivity index (χ0n) is 12.0. The van der Waals surface area contributed by atoms with Gasteiger partial charge < -0.3 is 0 Å². The molecule has 0 nitrogen and oxygen atoms in total. The van der Waals surface area contributed by atoms with Gasteiger partial charge in [0.05, 0.1) is 0 Å². The van der Waals surface area contributed by atoms with Crippen LogP contribution in [-0.4, -0.2) is 0 Å². The summed E-state index contributed by atoms with van der Waals surface area (Å²) in [5, 5.41) is 0.